The molecule has 0 bridgehead atoms. The maximum absolute atomic E-state index is 13.6. The first kappa shape index (κ1) is 14.3. The first-order valence-electron chi connectivity index (χ1n) is 6.02. The van der Waals surface area contributed by atoms with Crippen molar-refractivity contribution in [2.75, 3.05) is 5.73 Å². The standard InChI is InChI=1S/C15H12FN3O2/c16-13-3-1-9(7-17)5-10(13)8-21-14-4-2-11(18)6-12(14)15(19)20/h1-6H,8,18H2,(H2,19,20). The second-order valence-corrected chi connectivity index (χ2v) is 4.33. The molecule has 106 valence electrons. The van der Waals surface area contributed by atoms with Crippen LogP contribution in [-0.2, 0) is 6.61 Å². The third-order valence-corrected chi connectivity index (χ3v) is 2.83. The second-order valence-electron chi connectivity index (χ2n) is 4.33. The Morgan fingerprint density at radius 1 is 1.29 bits per heavy atom. The van der Waals surface area contributed by atoms with Gasteiger partial charge >= 0.3 is 0 Å². The highest BCUT2D eigenvalue weighted by Gasteiger charge is 2.11. The highest BCUT2D eigenvalue weighted by Crippen LogP contribution is 2.22. The Morgan fingerprint density at radius 2 is 2.05 bits per heavy atom. The van der Waals surface area contributed by atoms with Crippen LogP contribution < -0.4 is 16.2 Å². The number of ether oxygens (including phenoxy) is 1. The first-order chi connectivity index (χ1) is 10.0. The average Bonchev–Trinajstić information content (AvgIpc) is 2.47. The number of hydrogen-bond acceptors (Lipinski definition) is 4. The van der Waals surface area contributed by atoms with Crippen LogP contribution in [0.5, 0.6) is 5.75 Å². The van der Waals surface area contributed by atoms with E-state index in [4.69, 9.17) is 21.5 Å². The molecule has 0 aliphatic rings. The number of rotatable bonds is 4. The monoisotopic (exact) mass is 285 g/mol. The van der Waals surface area contributed by atoms with Crippen molar-refractivity contribution in [3.8, 4) is 11.8 Å². The van der Waals surface area contributed by atoms with Gasteiger partial charge in [0.2, 0.25) is 0 Å². The lowest BCUT2D eigenvalue weighted by molar-refractivity contribution is 0.0996. The molecule has 0 radical (unpaired) electrons. The Balaban J connectivity index is 2.25. The normalized spacial score (nSPS) is 9.90. The largest absolute Gasteiger partial charge is 0.488 e. The lowest BCUT2D eigenvalue weighted by atomic mass is 10.1. The smallest absolute Gasteiger partial charge is 0.252 e. The molecular weight excluding hydrogens is 273 g/mol. The summed E-state index contributed by atoms with van der Waals surface area (Å²) in [7, 11) is 0. The Kier molecular flexibility index (Phi) is 4.05. The van der Waals surface area contributed by atoms with Crippen molar-refractivity contribution in [3.63, 3.8) is 0 Å². The summed E-state index contributed by atoms with van der Waals surface area (Å²) in [4.78, 5) is 11.3. The molecule has 2 aromatic carbocycles. The van der Waals surface area contributed by atoms with E-state index in [1.807, 2.05) is 6.07 Å². The molecule has 6 heteroatoms. The highest BCUT2D eigenvalue weighted by molar-refractivity contribution is 5.96. The Morgan fingerprint density at radius 3 is 2.71 bits per heavy atom. The molecule has 0 spiro atoms. The molecule has 0 heterocycles. The first-order valence-corrected chi connectivity index (χ1v) is 6.02. The number of amides is 1. The number of nitriles is 1. The van der Waals surface area contributed by atoms with E-state index in [0.29, 0.717) is 11.3 Å². The van der Waals surface area contributed by atoms with Crippen molar-refractivity contribution in [2.45, 2.75) is 6.61 Å². The number of nitrogens with zero attached hydrogens (tertiary/aromatic N) is 1. The van der Waals surface area contributed by atoms with E-state index in [1.165, 1.54) is 30.3 Å². The number of anilines is 1. The fraction of sp³-hybridized carbons (Fsp3) is 0.0667. The highest BCUT2D eigenvalue weighted by atomic mass is 19.1. The number of primary amides is 1. The van der Waals surface area contributed by atoms with Crippen LogP contribution in [0.15, 0.2) is 36.4 Å². The van der Waals surface area contributed by atoms with E-state index in [0.717, 1.165) is 0 Å². The van der Waals surface area contributed by atoms with E-state index < -0.39 is 11.7 Å². The molecule has 0 fully saturated rings. The molecule has 0 saturated heterocycles. The second kappa shape index (κ2) is 5.92. The molecule has 4 N–H and O–H groups in total. The summed E-state index contributed by atoms with van der Waals surface area (Å²) >= 11 is 0. The fourth-order valence-corrected chi connectivity index (χ4v) is 1.78. The molecule has 0 aromatic heterocycles. The van der Waals surface area contributed by atoms with Crippen LogP contribution in [0.4, 0.5) is 10.1 Å². The third kappa shape index (κ3) is 3.28. The van der Waals surface area contributed by atoms with Gasteiger partial charge in [0.25, 0.3) is 5.91 Å². The number of halogens is 1. The molecule has 2 aromatic rings. The maximum Gasteiger partial charge on any atom is 0.252 e. The zero-order valence-corrected chi connectivity index (χ0v) is 11.0. The van der Waals surface area contributed by atoms with Crippen LogP contribution >= 0.6 is 0 Å². The molecule has 21 heavy (non-hydrogen) atoms. The minimum absolute atomic E-state index is 0.117. The van der Waals surface area contributed by atoms with Crippen LogP contribution in [0.1, 0.15) is 21.5 Å². The van der Waals surface area contributed by atoms with Crippen LogP contribution in [0.3, 0.4) is 0 Å². The minimum atomic E-state index is -0.691. The van der Waals surface area contributed by atoms with E-state index in [9.17, 15) is 9.18 Å². The minimum Gasteiger partial charge on any atom is -0.488 e. The summed E-state index contributed by atoms with van der Waals surface area (Å²) in [5, 5.41) is 8.80. The van der Waals surface area contributed by atoms with Crippen LogP contribution in [0.2, 0.25) is 0 Å². The molecule has 0 aliphatic carbocycles. The van der Waals surface area contributed by atoms with Gasteiger partial charge in [-0.05, 0) is 36.4 Å². The van der Waals surface area contributed by atoms with Crippen molar-refractivity contribution in [3.05, 3.63) is 58.9 Å². The molecule has 2 rings (SSSR count). The Bertz CT molecular complexity index is 738. The SMILES string of the molecule is N#Cc1ccc(F)c(COc2ccc(N)cc2C(N)=O)c1. The van der Waals surface area contributed by atoms with Crippen LogP contribution in [0, 0.1) is 17.1 Å². The lowest BCUT2D eigenvalue weighted by Crippen LogP contribution is -2.13. The molecule has 1 amide bonds. The van der Waals surface area contributed by atoms with Gasteiger partial charge in [0.05, 0.1) is 17.2 Å². The van der Waals surface area contributed by atoms with Gasteiger partial charge in [0, 0.05) is 11.3 Å². The van der Waals surface area contributed by atoms with Gasteiger partial charge in [-0.15, -0.1) is 0 Å². The van der Waals surface area contributed by atoms with Crippen LogP contribution in [-0.4, -0.2) is 5.91 Å². The molecule has 0 atom stereocenters. The number of nitrogens with two attached hydrogens (primary N) is 2. The number of benzene rings is 2. The molecular formula is C15H12FN3O2. The van der Waals surface area contributed by atoms with Gasteiger partial charge < -0.3 is 16.2 Å². The predicted molar refractivity (Wildman–Crippen MR) is 74.8 cm³/mol. The van der Waals surface area contributed by atoms with E-state index >= 15 is 0 Å². The summed E-state index contributed by atoms with van der Waals surface area (Å²) < 4.78 is 19.0. The summed E-state index contributed by atoms with van der Waals surface area (Å²) in [5.41, 5.74) is 11.8. The molecule has 0 aliphatic heterocycles. The van der Waals surface area contributed by atoms with Crippen molar-refractivity contribution in [1.29, 1.82) is 5.26 Å². The van der Waals surface area contributed by atoms with E-state index in [1.54, 1.807) is 6.07 Å². The van der Waals surface area contributed by atoms with Gasteiger partial charge in [-0.25, -0.2) is 4.39 Å². The molecule has 0 saturated carbocycles. The summed E-state index contributed by atoms with van der Waals surface area (Å²) in [6.45, 7) is -0.133. The maximum atomic E-state index is 13.6. The zero-order valence-electron chi connectivity index (χ0n) is 11.0. The Labute approximate surface area is 120 Å². The topological polar surface area (TPSA) is 102 Å². The van der Waals surface area contributed by atoms with Crippen molar-refractivity contribution in [1.82, 2.24) is 0 Å². The predicted octanol–water partition coefficient (Wildman–Crippen LogP) is 1.96. The van der Waals surface area contributed by atoms with Gasteiger partial charge in [0.1, 0.15) is 18.2 Å². The molecule has 0 unspecified atom stereocenters. The number of carbonyl (C=O) groups excluding carboxylic acids is 1. The Hall–Kier alpha value is -3.07. The summed E-state index contributed by atoms with van der Waals surface area (Å²) in [6.07, 6.45) is 0. The van der Waals surface area contributed by atoms with Crippen molar-refractivity contribution >= 4 is 11.6 Å². The summed E-state index contributed by atoms with van der Waals surface area (Å²) in [6, 6.07) is 10.3. The van der Waals surface area contributed by atoms with E-state index in [2.05, 4.69) is 0 Å². The number of carbonyl (C=O) groups is 1. The van der Waals surface area contributed by atoms with Crippen LogP contribution in [0.25, 0.3) is 0 Å². The average molecular weight is 285 g/mol. The number of nitrogen functional groups attached to an aromatic ring is 1. The number of hydrogen-bond donors (Lipinski definition) is 2. The van der Waals surface area contributed by atoms with Gasteiger partial charge in [-0.2, -0.15) is 5.26 Å². The van der Waals surface area contributed by atoms with Crippen molar-refractivity contribution in [2.24, 2.45) is 5.73 Å². The van der Waals surface area contributed by atoms with Crippen molar-refractivity contribution < 1.29 is 13.9 Å². The van der Waals surface area contributed by atoms with Gasteiger partial charge in [-0.3, -0.25) is 4.79 Å². The van der Waals surface area contributed by atoms with E-state index in [-0.39, 0.29) is 23.5 Å². The van der Waals surface area contributed by atoms with Gasteiger partial charge in [-0.1, -0.05) is 0 Å². The van der Waals surface area contributed by atoms with Gasteiger partial charge in [0.15, 0.2) is 0 Å². The summed E-state index contributed by atoms with van der Waals surface area (Å²) in [5.74, 6) is -0.980. The zero-order chi connectivity index (χ0) is 15.4. The lowest BCUT2D eigenvalue weighted by Gasteiger charge is -2.11. The third-order valence-electron chi connectivity index (χ3n) is 2.83. The molecule has 5 nitrogen and oxygen atoms in total. The quantitative estimate of drug-likeness (QED) is 0.838. The fourth-order valence-electron chi connectivity index (χ4n) is 1.78.